The lowest BCUT2D eigenvalue weighted by molar-refractivity contribution is 0.174. The molecule has 0 spiro atoms. The molecule has 1 aliphatic heterocycles. The molecule has 1 fully saturated rings. The second-order valence-corrected chi connectivity index (χ2v) is 4.64. The predicted octanol–water partition coefficient (Wildman–Crippen LogP) is -0.880. The zero-order valence-electron chi connectivity index (χ0n) is 10.0. The van der Waals surface area contributed by atoms with E-state index < -0.39 is 0 Å². The van der Waals surface area contributed by atoms with Gasteiger partial charge in [0.05, 0.1) is 6.10 Å². The number of aliphatic hydroxyl groups is 1. The van der Waals surface area contributed by atoms with E-state index >= 15 is 0 Å². The van der Waals surface area contributed by atoms with Gasteiger partial charge in [-0.2, -0.15) is 0 Å². The summed E-state index contributed by atoms with van der Waals surface area (Å²) in [5.74, 6) is 0.241. The molecule has 4 N–H and O–H groups in total. The van der Waals surface area contributed by atoms with Crippen LogP contribution in [0, 0.1) is 0 Å². The Morgan fingerprint density at radius 3 is 2.81 bits per heavy atom. The smallest absolute Gasteiger partial charge is 0.140 e. The van der Waals surface area contributed by atoms with Crippen molar-refractivity contribution < 1.29 is 10.3 Å². The molecule has 0 radical (unpaired) electrons. The molecule has 0 aromatic rings. The Morgan fingerprint density at radius 2 is 2.25 bits per heavy atom. The lowest BCUT2D eigenvalue weighted by Gasteiger charge is -2.26. The molecule has 0 amide bonds. The van der Waals surface area contributed by atoms with Gasteiger partial charge in [-0.15, -0.1) is 0 Å². The summed E-state index contributed by atoms with van der Waals surface area (Å²) in [6, 6.07) is 0.358. The Morgan fingerprint density at radius 1 is 1.56 bits per heavy atom. The highest BCUT2D eigenvalue weighted by molar-refractivity contribution is 5.79. The molecule has 0 aromatic carbocycles. The molecular formula is C10H22N4O2. The van der Waals surface area contributed by atoms with Gasteiger partial charge in [-0.25, -0.2) is 0 Å². The van der Waals surface area contributed by atoms with E-state index in [1.807, 2.05) is 14.1 Å². The van der Waals surface area contributed by atoms with Crippen LogP contribution in [0.5, 0.6) is 0 Å². The minimum atomic E-state index is -0.253. The maximum absolute atomic E-state index is 9.63. The van der Waals surface area contributed by atoms with Gasteiger partial charge in [0.25, 0.3) is 0 Å². The van der Waals surface area contributed by atoms with Crippen LogP contribution >= 0.6 is 0 Å². The number of oxime groups is 1. The standard InChI is InChI=1S/C10H22N4O2/c1-13(2)6-8-5-9(15)7-14(8)4-3-10(11)12-16/h8-9,15-16H,3-7H2,1-2H3,(H2,11,12). The van der Waals surface area contributed by atoms with Gasteiger partial charge in [0, 0.05) is 32.1 Å². The summed E-state index contributed by atoms with van der Waals surface area (Å²) in [6.07, 6.45) is 1.08. The average Bonchev–Trinajstić information content (AvgIpc) is 2.54. The van der Waals surface area contributed by atoms with Crippen LogP contribution in [0.15, 0.2) is 5.16 Å². The monoisotopic (exact) mass is 230 g/mol. The van der Waals surface area contributed by atoms with Crippen LogP contribution in [-0.4, -0.2) is 71.8 Å². The number of amidine groups is 1. The van der Waals surface area contributed by atoms with Gasteiger partial charge in [0.15, 0.2) is 0 Å². The lowest BCUT2D eigenvalue weighted by Crippen LogP contribution is -2.39. The van der Waals surface area contributed by atoms with Crippen molar-refractivity contribution in [3.05, 3.63) is 0 Å². The Balaban J connectivity index is 2.43. The summed E-state index contributed by atoms with van der Waals surface area (Å²) < 4.78 is 0. The number of nitrogens with two attached hydrogens (primary N) is 1. The highest BCUT2D eigenvalue weighted by atomic mass is 16.4. The van der Waals surface area contributed by atoms with Crippen molar-refractivity contribution >= 4 is 5.84 Å². The van der Waals surface area contributed by atoms with Crippen LogP contribution in [0.3, 0.4) is 0 Å². The third kappa shape index (κ3) is 3.96. The zero-order chi connectivity index (χ0) is 12.1. The molecule has 0 aromatic heterocycles. The summed E-state index contributed by atoms with van der Waals surface area (Å²) in [5.41, 5.74) is 5.43. The van der Waals surface area contributed by atoms with E-state index in [2.05, 4.69) is 15.0 Å². The van der Waals surface area contributed by atoms with Crippen LogP contribution in [-0.2, 0) is 0 Å². The van der Waals surface area contributed by atoms with Crippen molar-refractivity contribution in [3.63, 3.8) is 0 Å². The molecular weight excluding hydrogens is 208 g/mol. The zero-order valence-corrected chi connectivity index (χ0v) is 10.0. The van der Waals surface area contributed by atoms with E-state index in [9.17, 15) is 5.11 Å². The SMILES string of the molecule is CN(C)CC1CC(O)CN1CCC(N)=NO. The average molecular weight is 230 g/mol. The molecule has 0 aliphatic carbocycles. The molecule has 6 heteroatoms. The Kier molecular flexibility index (Phi) is 4.98. The number of likely N-dealkylation sites (N-methyl/N-ethyl adjacent to an activating group) is 1. The number of nitrogens with zero attached hydrogens (tertiary/aromatic N) is 3. The fraction of sp³-hybridized carbons (Fsp3) is 0.900. The van der Waals surface area contributed by atoms with E-state index in [1.165, 1.54) is 0 Å². The molecule has 16 heavy (non-hydrogen) atoms. The third-order valence-corrected chi connectivity index (χ3v) is 2.87. The normalized spacial score (nSPS) is 27.9. The summed E-state index contributed by atoms with van der Waals surface area (Å²) in [6.45, 7) is 2.33. The molecule has 1 heterocycles. The first kappa shape index (κ1) is 13.2. The Bertz CT molecular complexity index is 245. The van der Waals surface area contributed by atoms with Crippen molar-refractivity contribution in [2.45, 2.75) is 25.0 Å². The number of rotatable bonds is 5. The number of aliphatic hydroxyl groups excluding tert-OH is 1. The van der Waals surface area contributed by atoms with Crippen LogP contribution in [0.4, 0.5) is 0 Å². The van der Waals surface area contributed by atoms with E-state index in [0.717, 1.165) is 19.5 Å². The topological polar surface area (TPSA) is 85.3 Å². The molecule has 0 saturated carbocycles. The molecule has 1 rings (SSSR count). The summed E-state index contributed by atoms with van der Waals surface area (Å²) >= 11 is 0. The maximum atomic E-state index is 9.63. The van der Waals surface area contributed by atoms with E-state index in [-0.39, 0.29) is 11.9 Å². The molecule has 0 bridgehead atoms. The molecule has 94 valence electrons. The van der Waals surface area contributed by atoms with Crippen LogP contribution in [0.25, 0.3) is 0 Å². The van der Waals surface area contributed by atoms with Crippen LogP contribution in [0.1, 0.15) is 12.8 Å². The van der Waals surface area contributed by atoms with Crippen LogP contribution in [0.2, 0.25) is 0 Å². The summed E-state index contributed by atoms with van der Waals surface area (Å²) in [4.78, 5) is 4.31. The Hall–Kier alpha value is -0.850. The largest absolute Gasteiger partial charge is 0.409 e. The highest BCUT2D eigenvalue weighted by Crippen LogP contribution is 2.18. The second kappa shape index (κ2) is 6.03. The first-order valence-corrected chi connectivity index (χ1v) is 5.56. The molecule has 2 unspecified atom stereocenters. The van der Waals surface area contributed by atoms with Crippen molar-refractivity contribution in [3.8, 4) is 0 Å². The quantitative estimate of drug-likeness (QED) is 0.247. The van der Waals surface area contributed by atoms with Gasteiger partial charge in [-0.3, -0.25) is 4.90 Å². The number of β-amino-alcohol motifs (C(OH)–C–C–N with tert-alkyl or cyclic N) is 1. The molecule has 1 saturated heterocycles. The minimum absolute atomic E-state index is 0.241. The van der Waals surface area contributed by atoms with E-state index in [1.54, 1.807) is 0 Å². The van der Waals surface area contributed by atoms with Gasteiger partial charge >= 0.3 is 0 Å². The van der Waals surface area contributed by atoms with Gasteiger partial charge in [0.1, 0.15) is 5.84 Å². The number of hydrogen-bond acceptors (Lipinski definition) is 5. The summed E-state index contributed by atoms with van der Waals surface area (Å²) in [7, 11) is 4.04. The van der Waals surface area contributed by atoms with Crippen molar-refractivity contribution in [1.82, 2.24) is 9.80 Å². The van der Waals surface area contributed by atoms with Gasteiger partial charge in [-0.05, 0) is 20.5 Å². The van der Waals surface area contributed by atoms with Gasteiger partial charge < -0.3 is 20.9 Å². The Labute approximate surface area is 96.3 Å². The van der Waals surface area contributed by atoms with Crippen molar-refractivity contribution in [2.75, 3.05) is 33.7 Å². The molecule has 6 nitrogen and oxygen atoms in total. The molecule has 2 atom stereocenters. The van der Waals surface area contributed by atoms with Crippen molar-refractivity contribution in [2.24, 2.45) is 10.9 Å². The first-order valence-electron chi connectivity index (χ1n) is 5.56. The lowest BCUT2D eigenvalue weighted by atomic mass is 10.2. The van der Waals surface area contributed by atoms with Crippen molar-refractivity contribution in [1.29, 1.82) is 0 Å². The second-order valence-electron chi connectivity index (χ2n) is 4.64. The number of likely N-dealkylation sites (tertiary alicyclic amines) is 1. The molecule has 1 aliphatic rings. The maximum Gasteiger partial charge on any atom is 0.140 e. The number of hydrogen-bond donors (Lipinski definition) is 3. The highest BCUT2D eigenvalue weighted by Gasteiger charge is 2.30. The third-order valence-electron chi connectivity index (χ3n) is 2.87. The summed E-state index contributed by atoms with van der Waals surface area (Å²) in [5, 5.41) is 21.0. The fourth-order valence-electron chi connectivity index (χ4n) is 2.15. The van der Waals surface area contributed by atoms with Gasteiger partial charge in [0.2, 0.25) is 0 Å². The first-order chi connectivity index (χ1) is 7.52. The van der Waals surface area contributed by atoms with E-state index in [0.29, 0.717) is 19.0 Å². The van der Waals surface area contributed by atoms with Gasteiger partial charge in [-0.1, -0.05) is 5.16 Å². The van der Waals surface area contributed by atoms with E-state index in [4.69, 9.17) is 10.9 Å². The minimum Gasteiger partial charge on any atom is -0.409 e. The van der Waals surface area contributed by atoms with Crippen LogP contribution < -0.4 is 5.73 Å². The predicted molar refractivity (Wildman–Crippen MR) is 62.6 cm³/mol. The fourth-order valence-corrected chi connectivity index (χ4v) is 2.15.